The van der Waals surface area contributed by atoms with Gasteiger partial charge in [-0.15, -0.1) is 13.2 Å². The van der Waals surface area contributed by atoms with Gasteiger partial charge in [0.25, 0.3) is 0 Å². The summed E-state index contributed by atoms with van der Waals surface area (Å²) in [6.45, 7) is 0. The number of fused-ring (bicyclic) bond motifs is 1. The van der Waals surface area contributed by atoms with Gasteiger partial charge in [0.2, 0.25) is 0 Å². The average Bonchev–Trinajstić information content (AvgIpc) is 2.79. The molecule has 0 aliphatic heterocycles. The number of benzene rings is 1. The van der Waals surface area contributed by atoms with Gasteiger partial charge in [-0.05, 0) is 30.9 Å². The van der Waals surface area contributed by atoms with E-state index in [0.717, 1.165) is 32.1 Å². The zero-order valence-electron chi connectivity index (χ0n) is 10.6. The van der Waals surface area contributed by atoms with Gasteiger partial charge in [0.1, 0.15) is 0 Å². The molecule has 2 aromatic rings. The van der Waals surface area contributed by atoms with E-state index in [9.17, 15) is 13.2 Å². The van der Waals surface area contributed by atoms with Crippen LogP contribution in [0.15, 0.2) is 30.3 Å². The van der Waals surface area contributed by atoms with Crippen LogP contribution in [0.5, 0.6) is 0 Å². The summed E-state index contributed by atoms with van der Waals surface area (Å²) < 4.78 is 40.6. The molecule has 1 saturated carbocycles. The Morgan fingerprint density at radius 3 is 2.37 bits per heavy atom. The third-order valence-electron chi connectivity index (χ3n) is 4.02. The Morgan fingerprint density at radius 1 is 1.00 bits per heavy atom. The number of para-hydroxylation sites is 1. The molecule has 1 aliphatic carbocycles. The first-order valence-corrected chi connectivity index (χ1v) is 6.75. The predicted molar refractivity (Wildman–Crippen MR) is 69.1 cm³/mol. The number of nitrogens with zero attached hydrogens (tertiary/aromatic N) is 1. The molecule has 1 heterocycles. The van der Waals surface area contributed by atoms with Crippen LogP contribution in [0.2, 0.25) is 0 Å². The van der Waals surface area contributed by atoms with Crippen molar-refractivity contribution >= 4 is 10.9 Å². The molecule has 1 aliphatic rings. The van der Waals surface area contributed by atoms with Gasteiger partial charge in [0.05, 0.1) is 5.52 Å². The molecule has 1 aromatic heterocycles. The summed E-state index contributed by atoms with van der Waals surface area (Å²) in [6.07, 6.45) is 0.603. The molecule has 0 N–H and O–H groups in total. The molecule has 0 unspecified atom stereocenters. The number of hydrogen-bond acceptors (Lipinski definition) is 0. The zero-order chi connectivity index (χ0) is 13.5. The minimum atomic E-state index is -4.34. The van der Waals surface area contributed by atoms with E-state index in [1.807, 2.05) is 0 Å². The Morgan fingerprint density at radius 2 is 1.68 bits per heavy atom. The molecule has 0 bridgehead atoms. The molecule has 0 amide bonds. The Hall–Kier alpha value is -1.45. The number of alkyl halides is 3. The lowest BCUT2D eigenvalue weighted by atomic mass is 9.87. The van der Waals surface area contributed by atoms with Gasteiger partial charge < -0.3 is 0 Å². The lowest BCUT2D eigenvalue weighted by Crippen LogP contribution is -2.21. The van der Waals surface area contributed by atoms with Crippen LogP contribution in [-0.2, 0) is 6.30 Å². The second kappa shape index (κ2) is 4.58. The van der Waals surface area contributed by atoms with Gasteiger partial charge in [0.15, 0.2) is 0 Å². The fraction of sp³-hybridized carbons (Fsp3) is 0.467. The van der Waals surface area contributed by atoms with E-state index in [2.05, 4.69) is 0 Å². The standard InChI is InChI=1S/C15H16F3N/c16-15(17,18)19-13-9-5-4-8-12(13)10-14(19)11-6-2-1-3-7-11/h4-5,8-11H,1-3,6-7H2. The second-order valence-electron chi connectivity index (χ2n) is 5.27. The lowest BCUT2D eigenvalue weighted by Gasteiger charge is -2.24. The molecule has 102 valence electrons. The minimum Gasteiger partial charge on any atom is -0.256 e. The molecule has 0 atom stereocenters. The normalized spacial score (nSPS) is 18.1. The summed E-state index contributed by atoms with van der Waals surface area (Å²) in [7, 11) is 0. The van der Waals surface area contributed by atoms with Crippen molar-refractivity contribution in [1.82, 2.24) is 4.57 Å². The van der Waals surface area contributed by atoms with Crippen LogP contribution in [0, 0.1) is 0 Å². The zero-order valence-corrected chi connectivity index (χ0v) is 10.6. The van der Waals surface area contributed by atoms with Crippen LogP contribution >= 0.6 is 0 Å². The quantitative estimate of drug-likeness (QED) is 0.672. The summed E-state index contributed by atoms with van der Waals surface area (Å²) >= 11 is 0. The summed E-state index contributed by atoms with van der Waals surface area (Å²) in [6, 6.07) is 8.47. The Labute approximate surface area is 110 Å². The van der Waals surface area contributed by atoms with E-state index >= 15 is 0 Å². The van der Waals surface area contributed by atoms with E-state index in [4.69, 9.17) is 0 Å². The molecule has 0 spiro atoms. The maximum atomic E-state index is 13.3. The van der Waals surface area contributed by atoms with Crippen LogP contribution < -0.4 is 0 Å². The molecule has 4 heteroatoms. The topological polar surface area (TPSA) is 4.93 Å². The van der Waals surface area contributed by atoms with Crippen molar-refractivity contribution in [2.75, 3.05) is 0 Å². The first-order chi connectivity index (χ1) is 9.07. The van der Waals surface area contributed by atoms with Gasteiger partial charge in [0, 0.05) is 11.1 Å². The van der Waals surface area contributed by atoms with E-state index in [1.54, 1.807) is 30.3 Å². The summed E-state index contributed by atoms with van der Waals surface area (Å²) in [5.74, 6) is 0.0442. The summed E-state index contributed by atoms with van der Waals surface area (Å²) in [4.78, 5) is 0. The summed E-state index contributed by atoms with van der Waals surface area (Å²) in [5.41, 5.74) is 0.712. The third kappa shape index (κ3) is 2.24. The second-order valence-corrected chi connectivity index (χ2v) is 5.27. The van der Waals surface area contributed by atoms with E-state index in [0.29, 0.717) is 15.6 Å². The van der Waals surface area contributed by atoms with E-state index in [-0.39, 0.29) is 11.4 Å². The van der Waals surface area contributed by atoms with Crippen LogP contribution in [0.4, 0.5) is 13.2 Å². The van der Waals surface area contributed by atoms with Crippen molar-refractivity contribution in [2.45, 2.75) is 44.3 Å². The van der Waals surface area contributed by atoms with E-state index < -0.39 is 6.30 Å². The third-order valence-corrected chi connectivity index (χ3v) is 4.02. The molecular formula is C15H16F3N. The highest BCUT2D eigenvalue weighted by molar-refractivity contribution is 5.81. The SMILES string of the molecule is FC(F)(F)n1c(C2CCCCC2)cc2ccccc21. The van der Waals surface area contributed by atoms with Crippen LogP contribution in [0.3, 0.4) is 0 Å². The Balaban J connectivity index is 2.17. The number of aromatic nitrogens is 1. The molecule has 0 radical (unpaired) electrons. The van der Waals surface area contributed by atoms with Gasteiger partial charge >= 0.3 is 6.30 Å². The maximum Gasteiger partial charge on any atom is 0.489 e. The molecule has 1 fully saturated rings. The average molecular weight is 267 g/mol. The van der Waals surface area contributed by atoms with Crippen LogP contribution in [-0.4, -0.2) is 4.57 Å². The highest BCUT2D eigenvalue weighted by atomic mass is 19.4. The molecule has 1 nitrogen and oxygen atoms in total. The van der Waals surface area contributed by atoms with E-state index in [1.165, 1.54) is 0 Å². The highest BCUT2D eigenvalue weighted by Crippen LogP contribution is 2.40. The molecular weight excluding hydrogens is 251 g/mol. The maximum absolute atomic E-state index is 13.3. The van der Waals surface area contributed by atoms with Gasteiger partial charge in [-0.2, -0.15) is 0 Å². The monoisotopic (exact) mass is 267 g/mol. The number of rotatable bonds is 1. The minimum absolute atomic E-state index is 0.0442. The summed E-state index contributed by atoms with van der Waals surface area (Å²) in [5, 5.41) is 0.681. The smallest absolute Gasteiger partial charge is 0.256 e. The van der Waals surface area contributed by atoms with Crippen molar-refractivity contribution in [2.24, 2.45) is 0 Å². The fourth-order valence-electron chi connectivity index (χ4n) is 3.16. The van der Waals surface area contributed by atoms with Crippen LogP contribution in [0.1, 0.15) is 43.7 Å². The van der Waals surface area contributed by atoms with Crippen molar-refractivity contribution in [3.8, 4) is 0 Å². The molecule has 1 aromatic carbocycles. The largest absolute Gasteiger partial charge is 0.489 e. The number of halogens is 3. The number of hydrogen-bond donors (Lipinski definition) is 0. The predicted octanol–water partition coefficient (Wildman–Crippen LogP) is 5.17. The fourth-order valence-corrected chi connectivity index (χ4v) is 3.16. The lowest BCUT2D eigenvalue weighted by molar-refractivity contribution is -0.202. The molecule has 0 saturated heterocycles. The molecule has 3 rings (SSSR count). The van der Waals surface area contributed by atoms with Crippen molar-refractivity contribution in [1.29, 1.82) is 0 Å². The highest BCUT2D eigenvalue weighted by Gasteiger charge is 2.36. The van der Waals surface area contributed by atoms with Gasteiger partial charge in [-0.25, -0.2) is 0 Å². The van der Waals surface area contributed by atoms with Crippen molar-refractivity contribution in [3.63, 3.8) is 0 Å². The van der Waals surface area contributed by atoms with Gasteiger partial charge in [-0.1, -0.05) is 37.5 Å². The molecule has 19 heavy (non-hydrogen) atoms. The van der Waals surface area contributed by atoms with Gasteiger partial charge in [-0.3, -0.25) is 4.57 Å². The Kier molecular flexibility index (Phi) is 3.03. The Bertz CT molecular complexity index is 577. The first-order valence-electron chi connectivity index (χ1n) is 6.75. The van der Waals surface area contributed by atoms with Crippen molar-refractivity contribution < 1.29 is 13.2 Å². The first kappa shape index (κ1) is 12.6. The van der Waals surface area contributed by atoms with Crippen molar-refractivity contribution in [3.05, 3.63) is 36.0 Å². The van der Waals surface area contributed by atoms with Crippen LogP contribution in [0.25, 0.3) is 10.9 Å².